The third-order valence-corrected chi connectivity index (χ3v) is 5.04. The van der Waals surface area contributed by atoms with Crippen LogP contribution in [0.4, 0.5) is 0 Å². The lowest BCUT2D eigenvalue weighted by atomic mass is 10.2. The fourth-order valence-electron chi connectivity index (χ4n) is 3.43. The van der Waals surface area contributed by atoms with Gasteiger partial charge in [-0.05, 0) is 24.3 Å². The zero-order valence-corrected chi connectivity index (χ0v) is 16.3. The number of piperazine rings is 1. The first-order chi connectivity index (χ1) is 14.6. The molecule has 30 heavy (non-hydrogen) atoms. The van der Waals surface area contributed by atoms with Gasteiger partial charge in [-0.25, -0.2) is 0 Å². The van der Waals surface area contributed by atoms with E-state index in [1.807, 2.05) is 12.1 Å². The molecule has 0 unspecified atom stereocenters. The second kappa shape index (κ2) is 8.87. The molecule has 3 N–H and O–H groups in total. The van der Waals surface area contributed by atoms with Crippen LogP contribution < -0.4 is 25.2 Å². The largest absolute Gasteiger partial charge is 0.485 e. The molecule has 10 heteroatoms. The highest BCUT2D eigenvalue weighted by atomic mass is 16.6. The van der Waals surface area contributed by atoms with Crippen LogP contribution in [-0.4, -0.2) is 68.1 Å². The zero-order chi connectivity index (χ0) is 20.9. The molecule has 3 heterocycles. The Morgan fingerprint density at radius 3 is 2.53 bits per heavy atom. The summed E-state index contributed by atoms with van der Waals surface area (Å²) in [5, 5.41) is 0. The number of quaternary nitrogens is 1. The molecule has 1 aromatic heterocycles. The number of hydrogen-bond acceptors (Lipinski definition) is 6. The maximum Gasteiger partial charge on any atom is 0.305 e. The normalized spacial score (nSPS) is 18.5. The number of nitrogens with one attached hydrogen (secondary N) is 3. The molecule has 0 aliphatic carbocycles. The van der Waals surface area contributed by atoms with E-state index in [0.29, 0.717) is 37.7 Å². The predicted molar refractivity (Wildman–Crippen MR) is 103 cm³/mol. The highest BCUT2D eigenvalue weighted by Gasteiger charge is 2.34. The maximum atomic E-state index is 12.8. The van der Waals surface area contributed by atoms with Crippen molar-refractivity contribution in [2.75, 3.05) is 39.3 Å². The minimum Gasteiger partial charge on any atom is -0.485 e. The first-order valence-electron chi connectivity index (χ1n) is 9.73. The second-order valence-corrected chi connectivity index (χ2v) is 7.10. The van der Waals surface area contributed by atoms with Gasteiger partial charge in [0.2, 0.25) is 6.10 Å². The smallest absolute Gasteiger partial charge is 0.305 e. The van der Waals surface area contributed by atoms with Gasteiger partial charge in [-0.1, -0.05) is 12.1 Å². The molecule has 10 nitrogen and oxygen atoms in total. The summed E-state index contributed by atoms with van der Waals surface area (Å²) in [6.45, 7) is 2.64. The molecule has 2 aliphatic heterocycles. The van der Waals surface area contributed by atoms with Crippen molar-refractivity contribution < 1.29 is 33.2 Å². The van der Waals surface area contributed by atoms with Gasteiger partial charge in [0, 0.05) is 0 Å². The lowest BCUT2D eigenvalue weighted by molar-refractivity contribution is -0.896. The fourth-order valence-corrected chi connectivity index (χ4v) is 3.43. The average Bonchev–Trinajstić information content (AvgIpc) is 3.32. The van der Waals surface area contributed by atoms with Gasteiger partial charge in [-0.15, -0.1) is 0 Å². The number of amides is 3. The number of fused-ring (bicyclic) bond motifs is 1. The molecule has 4 rings (SSSR count). The highest BCUT2D eigenvalue weighted by Crippen LogP contribution is 2.31. The van der Waals surface area contributed by atoms with Crippen molar-refractivity contribution in [1.29, 1.82) is 0 Å². The standard InChI is InChI=1S/C20H22N4O6/c25-18(21-22-19(26)16-6-3-11-28-16)12-23-7-9-24(10-8-23)20(27)17-13-29-14-4-1-2-5-15(14)30-17/h1-6,11,17H,7-10,12-13H2,(H,21,25)(H,22,26)/p+1/t17-/m0/s1. The zero-order valence-electron chi connectivity index (χ0n) is 16.3. The molecule has 0 saturated carbocycles. The van der Waals surface area contributed by atoms with Crippen molar-refractivity contribution in [2.45, 2.75) is 6.10 Å². The minimum absolute atomic E-state index is 0.112. The molecular formula is C20H23N4O6+. The number of ether oxygens (including phenoxy) is 2. The average molecular weight is 415 g/mol. The van der Waals surface area contributed by atoms with Crippen molar-refractivity contribution in [3.8, 4) is 11.5 Å². The Labute approximate surface area is 172 Å². The number of para-hydroxylation sites is 2. The Morgan fingerprint density at radius 1 is 1.03 bits per heavy atom. The number of rotatable bonds is 4. The number of hydrazine groups is 1. The van der Waals surface area contributed by atoms with Crippen molar-refractivity contribution in [1.82, 2.24) is 15.8 Å². The monoisotopic (exact) mass is 415 g/mol. The van der Waals surface area contributed by atoms with Gasteiger partial charge in [0.05, 0.1) is 32.4 Å². The first-order valence-corrected chi connectivity index (χ1v) is 9.73. The summed E-state index contributed by atoms with van der Waals surface area (Å²) < 4.78 is 16.4. The summed E-state index contributed by atoms with van der Waals surface area (Å²) >= 11 is 0. The molecular weight excluding hydrogens is 392 g/mol. The van der Waals surface area contributed by atoms with E-state index in [0.717, 1.165) is 4.90 Å². The lowest BCUT2D eigenvalue weighted by Crippen LogP contribution is -3.16. The molecule has 1 atom stereocenters. The van der Waals surface area contributed by atoms with E-state index in [4.69, 9.17) is 13.9 Å². The molecule has 0 radical (unpaired) electrons. The van der Waals surface area contributed by atoms with Crippen molar-refractivity contribution in [3.63, 3.8) is 0 Å². The number of carbonyl (C=O) groups excluding carboxylic acids is 3. The molecule has 1 fully saturated rings. The van der Waals surface area contributed by atoms with Crippen LogP contribution in [0.1, 0.15) is 10.6 Å². The van der Waals surface area contributed by atoms with E-state index in [2.05, 4.69) is 10.9 Å². The Morgan fingerprint density at radius 2 is 1.80 bits per heavy atom. The summed E-state index contributed by atoms with van der Waals surface area (Å²) in [6, 6.07) is 10.4. The van der Waals surface area contributed by atoms with Gasteiger partial charge in [0.15, 0.2) is 23.8 Å². The minimum atomic E-state index is -0.665. The number of furan rings is 1. The highest BCUT2D eigenvalue weighted by molar-refractivity contribution is 5.92. The van der Waals surface area contributed by atoms with Crippen molar-refractivity contribution >= 4 is 17.7 Å². The van der Waals surface area contributed by atoms with Crippen LogP contribution in [0.3, 0.4) is 0 Å². The molecule has 3 amide bonds. The van der Waals surface area contributed by atoms with Crippen LogP contribution in [0.2, 0.25) is 0 Å². The summed E-state index contributed by atoms with van der Waals surface area (Å²) in [6.07, 6.45) is 0.715. The van der Waals surface area contributed by atoms with Gasteiger partial charge in [-0.3, -0.25) is 25.2 Å². The van der Waals surface area contributed by atoms with E-state index in [9.17, 15) is 14.4 Å². The van der Waals surface area contributed by atoms with Gasteiger partial charge in [-0.2, -0.15) is 0 Å². The Balaban J connectivity index is 1.20. The molecule has 0 spiro atoms. The quantitative estimate of drug-likeness (QED) is 0.530. The summed E-state index contributed by atoms with van der Waals surface area (Å²) in [5.41, 5.74) is 4.69. The molecule has 1 saturated heterocycles. The first kappa shape index (κ1) is 19.8. The van der Waals surface area contributed by atoms with Crippen LogP contribution in [-0.2, 0) is 9.59 Å². The van der Waals surface area contributed by atoms with Crippen LogP contribution in [0.5, 0.6) is 11.5 Å². The third-order valence-electron chi connectivity index (χ3n) is 5.04. The molecule has 1 aromatic carbocycles. The molecule has 2 aliphatic rings. The Kier molecular flexibility index (Phi) is 5.84. The van der Waals surface area contributed by atoms with Crippen molar-refractivity contribution in [2.24, 2.45) is 0 Å². The molecule has 158 valence electrons. The van der Waals surface area contributed by atoms with Crippen LogP contribution in [0.25, 0.3) is 0 Å². The van der Waals surface area contributed by atoms with Crippen LogP contribution in [0.15, 0.2) is 47.1 Å². The van der Waals surface area contributed by atoms with E-state index in [1.165, 1.54) is 12.3 Å². The van der Waals surface area contributed by atoms with Crippen LogP contribution >= 0.6 is 0 Å². The Hall–Kier alpha value is -3.53. The van der Waals surface area contributed by atoms with E-state index < -0.39 is 12.0 Å². The predicted octanol–water partition coefficient (Wildman–Crippen LogP) is -1.39. The molecule has 0 bridgehead atoms. The number of nitrogens with zero attached hydrogens (tertiary/aromatic N) is 1. The molecule has 2 aromatic rings. The topological polar surface area (TPSA) is 115 Å². The van der Waals surface area contributed by atoms with E-state index in [1.54, 1.807) is 23.1 Å². The van der Waals surface area contributed by atoms with Gasteiger partial charge < -0.3 is 23.7 Å². The summed E-state index contributed by atoms with van der Waals surface area (Å²) in [7, 11) is 0. The third kappa shape index (κ3) is 4.54. The number of benzene rings is 1. The summed E-state index contributed by atoms with van der Waals surface area (Å²) in [5.74, 6) is 0.381. The Bertz CT molecular complexity index is 908. The van der Waals surface area contributed by atoms with Gasteiger partial charge in [0.1, 0.15) is 6.61 Å². The number of hydrogen-bond donors (Lipinski definition) is 3. The number of carbonyl (C=O) groups is 3. The van der Waals surface area contributed by atoms with Crippen LogP contribution in [0, 0.1) is 0 Å². The maximum absolute atomic E-state index is 12.8. The van der Waals surface area contributed by atoms with E-state index in [-0.39, 0.29) is 30.7 Å². The van der Waals surface area contributed by atoms with Crippen molar-refractivity contribution in [3.05, 3.63) is 48.4 Å². The second-order valence-electron chi connectivity index (χ2n) is 7.10. The van der Waals surface area contributed by atoms with Gasteiger partial charge >= 0.3 is 5.91 Å². The SMILES string of the molecule is O=C(C[NH+]1CCN(C(=O)[C@@H]2COc3ccccc3O2)CC1)NNC(=O)c1ccco1. The fraction of sp³-hybridized carbons (Fsp3) is 0.350. The van der Waals surface area contributed by atoms with E-state index >= 15 is 0 Å². The van der Waals surface area contributed by atoms with Gasteiger partial charge in [0.25, 0.3) is 11.8 Å². The lowest BCUT2D eigenvalue weighted by Gasteiger charge is -2.35. The summed E-state index contributed by atoms with van der Waals surface area (Å²) in [4.78, 5) is 39.3.